The molecule has 0 fully saturated rings. The zero-order chi connectivity index (χ0) is 23.6. The lowest BCUT2D eigenvalue weighted by Gasteiger charge is -2.11. The van der Waals surface area contributed by atoms with Crippen LogP contribution in [0.25, 0.3) is 0 Å². The van der Waals surface area contributed by atoms with Gasteiger partial charge in [-0.1, -0.05) is 24.0 Å². The molecule has 0 aliphatic heterocycles. The number of aliphatic imine (C=N–C) groups is 1. The van der Waals surface area contributed by atoms with Crippen LogP contribution in [0.5, 0.6) is 0 Å². The quantitative estimate of drug-likeness (QED) is 0.237. The van der Waals surface area contributed by atoms with Gasteiger partial charge in [-0.25, -0.2) is 0 Å². The summed E-state index contributed by atoms with van der Waals surface area (Å²) in [4.78, 5) is 18.1. The molecule has 178 valence electrons. The standard InChI is InChI=1S/C24H27F3N4O.HI/c1-4-28-23(29-15-6-8-18-10-12-21(13-11-18)24(25,26)27)30-16-14-19-7-5-9-20(17-19)22(32)31(2)3;/h5,7,9-13,17H,4,14-16H2,1-3H3,(H2,28,29,30);1H. The van der Waals surface area contributed by atoms with Crippen molar-refractivity contribution in [3.8, 4) is 11.8 Å². The fourth-order valence-electron chi connectivity index (χ4n) is 2.77. The molecule has 0 unspecified atom stereocenters. The van der Waals surface area contributed by atoms with Gasteiger partial charge in [-0.15, -0.1) is 24.0 Å². The maximum absolute atomic E-state index is 12.6. The summed E-state index contributed by atoms with van der Waals surface area (Å²) in [6, 6.07) is 12.2. The molecule has 0 saturated heterocycles. The average Bonchev–Trinajstić information content (AvgIpc) is 2.76. The largest absolute Gasteiger partial charge is 0.416 e. The minimum Gasteiger partial charge on any atom is -0.357 e. The number of carbonyl (C=O) groups excluding carboxylic acids is 1. The van der Waals surface area contributed by atoms with Crippen LogP contribution in [0.2, 0.25) is 0 Å². The molecule has 0 saturated carbocycles. The number of hydrogen-bond donors (Lipinski definition) is 2. The molecule has 0 aromatic heterocycles. The van der Waals surface area contributed by atoms with Crippen molar-refractivity contribution in [1.82, 2.24) is 15.5 Å². The number of rotatable bonds is 6. The van der Waals surface area contributed by atoms with Gasteiger partial charge >= 0.3 is 6.18 Å². The smallest absolute Gasteiger partial charge is 0.357 e. The fourth-order valence-corrected chi connectivity index (χ4v) is 2.77. The van der Waals surface area contributed by atoms with Gasteiger partial charge in [0.2, 0.25) is 0 Å². The minimum atomic E-state index is -4.35. The van der Waals surface area contributed by atoms with Crippen molar-refractivity contribution in [2.75, 3.05) is 33.7 Å². The van der Waals surface area contributed by atoms with E-state index in [-0.39, 0.29) is 29.9 Å². The van der Waals surface area contributed by atoms with Crippen LogP contribution < -0.4 is 10.6 Å². The number of halogens is 4. The molecule has 2 aromatic rings. The van der Waals surface area contributed by atoms with Gasteiger partial charge in [-0.3, -0.25) is 9.79 Å². The first-order chi connectivity index (χ1) is 15.2. The van der Waals surface area contributed by atoms with E-state index in [2.05, 4.69) is 27.5 Å². The number of guanidine groups is 1. The summed E-state index contributed by atoms with van der Waals surface area (Å²) < 4.78 is 37.8. The summed E-state index contributed by atoms with van der Waals surface area (Å²) in [6.45, 7) is 3.42. The number of alkyl halides is 3. The highest BCUT2D eigenvalue weighted by Crippen LogP contribution is 2.28. The highest BCUT2D eigenvalue weighted by molar-refractivity contribution is 14.0. The second-order valence-corrected chi connectivity index (χ2v) is 7.14. The van der Waals surface area contributed by atoms with Crippen LogP contribution in [0.3, 0.4) is 0 Å². The molecule has 9 heteroatoms. The average molecular weight is 572 g/mol. The van der Waals surface area contributed by atoms with E-state index in [0.717, 1.165) is 17.7 Å². The van der Waals surface area contributed by atoms with Crippen LogP contribution >= 0.6 is 24.0 Å². The summed E-state index contributed by atoms with van der Waals surface area (Å²) in [5, 5.41) is 6.20. The molecule has 5 nitrogen and oxygen atoms in total. The van der Waals surface area contributed by atoms with Crippen LogP contribution in [0.4, 0.5) is 13.2 Å². The molecule has 0 heterocycles. The zero-order valence-electron chi connectivity index (χ0n) is 18.8. The number of nitrogens with zero attached hydrogens (tertiary/aromatic N) is 2. The second-order valence-electron chi connectivity index (χ2n) is 7.14. The Bertz CT molecular complexity index is 993. The third-order valence-electron chi connectivity index (χ3n) is 4.38. The van der Waals surface area contributed by atoms with Crippen molar-refractivity contribution in [2.45, 2.75) is 19.5 Å². The van der Waals surface area contributed by atoms with Crippen molar-refractivity contribution < 1.29 is 18.0 Å². The Hall–Kier alpha value is -2.74. The number of amides is 1. The Labute approximate surface area is 209 Å². The molecular formula is C24H28F3IN4O. The van der Waals surface area contributed by atoms with Gasteiger partial charge in [0, 0.05) is 38.3 Å². The van der Waals surface area contributed by atoms with Crippen molar-refractivity contribution in [3.05, 3.63) is 70.8 Å². The van der Waals surface area contributed by atoms with Gasteiger partial charge in [0.1, 0.15) is 0 Å². The highest BCUT2D eigenvalue weighted by atomic mass is 127. The number of nitrogens with one attached hydrogen (secondary N) is 2. The van der Waals surface area contributed by atoms with E-state index in [1.807, 2.05) is 25.1 Å². The lowest BCUT2D eigenvalue weighted by Crippen LogP contribution is -2.37. The van der Waals surface area contributed by atoms with Crippen LogP contribution in [-0.2, 0) is 12.6 Å². The van der Waals surface area contributed by atoms with Gasteiger partial charge in [-0.2, -0.15) is 13.2 Å². The van der Waals surface area contributed by atoms with Crippen molar-refractivity contribution >= 4 is 35.8 Å². The van der Waals surface area contributed by atoms with Gasteiger partial charge < -0.3 is 15.5 Å². The Balaban J connectivity index is 0.00000544. The summed E-state index contributed by atoms with van der Waals surface area (Å²) in [5.74, 6) is 6.26. The lowest BCUT2D eigenvalue weighted by atomic mass is 10.1. The first-order valence-corrected chi connectivity index (χ1v) is 10.2. The molecule has 33 heavy (non-hydrogen) atoms. The topological polar surface area (TPSA) is 56.7 Å². The molecule has 2 N–H and O–H groups in total. The third-order valence-corrected chi connectivity index (χ3v) is 4.38. The van der Waals surface area contributed by atoms with Gasteiger partial charge in [0.25, 0.3) is 5.91 Å². The van der Waals surface area contributed by atoms with Gasteiger partial charge in [-0.05, 0) is 55.3 Å². The van der Waals surface area contributed by atoms with Crippen LogP contribution in [-0.4, -0.2) is 50.5 Å². The first kappa shape index (κ1) is 28.3. The van der Waals surface area contributed by atoms with E-state index in [0.29, 0.717) is 43.1 Å². The predicted molar refractivity (Wildman–Crippen MR) is 136 cm³/mol. The number of carbonyl (C=O) groups is 1. The van der Waals surface area contributed by atoms with Crippen LogP contribution in [0, 0.1) is 11.8 Å². The second kappa shape index (κ2) is 13.7. The maximum Gasteiger partial charge on any atom is 0.416 e. The summed E-state index contributed by atoms with van der Waals surface area (Å²) in [7, 11) is 3.43. The number of hydrogen-bond acceptors (Lipinski definition) is 2. The Kier molecular flexibility index (Phi) is 11.8. The van der Waals surface area contributed by atoms with E-state index in [1.54, 1.807) is 20.2 Å². The molecule has 2 aromatic carbocycles. The normalized spacial score (nSPS) is 11.0. The SMILES string of the molecule is CCNC(=NCCc1cccc(C(=O)N(C)C)c1)NCC#Cc1ccc(C(F)(F)F)cc1.I. The monoisotopic (exact) mass is 572 g/mol. The van der Waals surface area contributed by atoms with E-state index < -0.39 is 11.7 Å². The molecule has 0 atom stereocenters. The van der Waals surface area contributed by atoms with Gasteiger partial charge in [0.05, 0.1) is 12.1 Å². The minimum absolute atomic E-state index is 0. The van der Waals surface area contributed by atoms with E-state index >= 15 is 0 Å². The Morgan fingerprint density at radius 1 is 1.09 bits per heavy atom. The molecule has 2 rings (SSSR count). The predicted octanol–water partition coefficient (Wildman–Crippen LogP) is 4.17. The Morgan fingerprint density at radius 2 is 1.79 bits per heavy atom. The van der Waals surface area contributed by atoms with E-state index in [9.17, 15) is 18.0 Å². The van der Waals surface area contributed by atoms with Crippen LogP contribution in [0.1, 0.15) is 34.0 Å². The molecule has 1 amide bonds. The summed E-state index contributed by atoms with van der Waals surface area (Å²) >= 11 is 0. The lowest BCUT2D eigenvalue weighted by molar-refractivity contribution is -0.137. The zero-order valence-corrected chi connectivity index (χ0v) is 21.1. The highest BCUT2D eigenvalue weighted by Gasteiger charge is 2.29. The van der Waals surface area contributed by atoms with Crippen molar-refractivity contribution in [1.29, 1.82) is 0 Å². The third kappa shape index (κ3) is 9.74. The molecule has 0 radical (unpaired) electrons. The number of benzene rings is 2. The maximum atomic E-state index is 12.6. The van der Waals surface area contributed by atoms with Crippen molar-refractivity contribution in [3.63, 3.8) is 0 Å². The molecular weight excluding hydrogens is 544 g/mol. The van der Waals surface area contributed by atoms with Crippen LogP contribution in [0.15, 0.2) is 53.5 Å². The Morgan fingerprint density at radius 3 is 2.39 bits per heavy atom. The molecule has 0 bridgehead atoms. The first-order valence-electron chi connectivity index (χ1n) is 10.2. The van der Waals surface area contributed by atoms with Gasteiger partial charge in [0.15, 0.2) is 5.96 Å². The van der Waals surface area contributed by atoms with E-state index in [4.69, 9.17) is 0 Å². The summed E-state index contributed by atoms with van der Waals surface area (Å²) in [5.41, 5.74) is 1.47. The molecule has 0 spiro atoms. The molecule has 0 aliphatic carbocycles. The van der Waals surface area contributed by atoms with Crippen molar-refractivity contribution in [2.24, 2.45) is 4.99 Å². The fraction of sp³-hybridized carbons (Fsp3) is 0.333. The summed E-state index contributed by atoms with van der Waals surface area (Å²) in [6.07, 6.45) is -3.68. The molecule has 0 aliphatic rings. The van der Waals surface area contributed by atoms with E-state index in [1.165, 1.54) is 17.0 Å².